The van der Waals surface area contributed by atoms with Crippen LogP contribution in [0.15, 0.2) is 30.3 Å². The molecule has 0 aliphatic carbocycles. The van der Waals surface area contributed by atoms with Crippen molar-refractivity contribution in [2.75, 3.05) is 0 Å². The van der Waals surface area contributed by atoms with Gasteiger partial charge in [0.25, 0.3) is 0 Å². The summed E-state index contributed by atoms with van der Waals surface area (Å²) in [6, 6.07) is 8.90. The second kappa shape index (κ2) is 2.58. The number of benzene rings is 1. The van der Waals surface area contributed by atoms with Crippen molar-refractivity contribution in [2.24, 2.45) is 0 Å². The van der Waals surface area contributed by atoms with Crippen molar-refractivity contribution in [3.8, 4) is 0 Å². The molecule has 14 heavy (non-hydrogen) atoms. The molecule has 1 aliphatic heterocycles. The molecule has 1 aromatic rings. The lowest BCUT2D eigenvalue weighted by atomic mass is 9.88. The number of aliphatic carboxylic acids is 1. The highest BCUT2D eigenvalue weighted by Crippen LogP contribution is 2.54. The Morgan fingerprint density at radius 2 is 1.79 bits per heavy atom. The zero-order valence-electron chi connectivity index (χ0n) is 8.11. The molecule has 74 valence electrons. The van der Waals surface area contributed by atoms with E-state index in [-0.39, 0.29) is 0 Å². The molecule has 1 fully saturated rings. The van der Waals surface area contributed by atoms with Gasteiger partial charge in [-0.2, -0.15) is 0 Å². The predicted molar refractivity (Wildman–Crippen MR) is 48.3 cm³/mol. The predicted octanol–water partition coefficient (Wildman–Crippen LogP) is 0.441. The van der Waals surface area contributed by atoms with Gasteiger partial charge in [-0.05, 0) is 19.4 Å². The molecule has 1 heterocycles. The smallest absolute Gasteiger partial charge is 0.161 e. The van der Waals surface area contributed by atoms with Crippen LogP contribution in [-0.2, 0) is 15.1 Å². The first-order valence-corrected chi connectivity index (χ1v) is 4.48. The number of rotatable bonds is 2. The molecule has 1 unspecified atom stereocenters. The number of ether oxygens (including phenoxy) is 1. The Bertz CT molecular complexity index is 369. The van der Waals surface area contributed by atoms with Crippen LogP contribution in [0.4, 0.5) is 0 Å². The maximum atomic E-state index is 11.1. The van der Waals surface area contributed by atoms with Gasteiger partial charge in [0, 0.05) is 0 Å². The van der Waals surface area contributed by atoms with E-state index in [0.717, 1.165) is 0 Å². The summed E-state index contributed by atoms with van der Waals surface area (Å²) in [5, 5.41) is 11.1. The van der Waals surface area contributed by atoms with Crippen LogP contribution in [0.3, 0.4) is 0 Å². The van der Waals surface area contributed by atoms with Crippen LogP contribution >= 0.6 is 0 Å². The number of carbonyl (C=O) groups excluding carboxylic acids is 1. The molecule has 1 aliphatic rings. The molecule has 3 nitrogen and oxygen atoms in total. The monoisotopic (exact) mass is 191 g/mol. The standard InChI is InChI=1S/C11H12O3/c1-10(2)11(14-10,9(12)13)8-6-4-3-5-7-8/h3-7H,1-2H3,(H,12,13)/p-1. The van der Waals surface area contributed by atoms with Crippen LogP contribution in [0.1, 0.15) is 19.4 Å². The SMILES string of the molecule is CC1(C)OC1(C(=O)[O-])c1ccccc1. The molecule has 1 aromatic carbocycles. The molecule has 0 saturated carbocycles. The van der Waals surface area contributed by atoms with E-state index in [1.54, 1.807) is 38.1 Å². The molecule has 1 atom stereocenters. The highest BCUT2D eigenvalue weighted by Gasteiger charge is 2.66. The van der Waals surface area contributed by atoms with Crippen LogP contribution in [0.5, 0.6) is 0 Å². The van der Waals surface area contributed by atoms with Crippen molar-refractivity contribution in [1.82, 2.24) is 0 Å². The van der Waals surface area contributed by atoms with Crippen LogP contribution in [0, 0.1) is 0 Å². The van der Waals surface area contributed by atoms with Gasteiger partial charge in [0.2, 0.25) is 0 Å². The van der Waals surface area contributed by atoms with E-state index in [9.17, 15) is 9.90 Å². The molecule has 1 saturated heterocycles. The van der Waals surface area contributed by atoms with E-state index in [0.29, 0.717) is 5.56 Å². The highest BCUT2D eigenvalue weighted by atomic mass is 16.6. The average Bonchev–Trinajstić information content (AvgIpc) is 2.72. The van der Waals surface area contributed by atoms with Gasteiger partial charge in [0.15, 0.2) is 5.60 Å². The molecule has 0 aromatic heterocycles. The minimum atomic E-state index is -1.26. The van der Waals surface area contributed by atoms with E-state index in [4.69, 9.17) is 4.74 Å². The summed E-state index contributed by atoms with van der Waals surface area (Å²) in [7, 11) is 0. The lowest BCUT2D eigenvalue weighted by Crippen LogP contribution is -2.40. The molecular weight excluding hydrogens is 180 g/mol. The maximum Gasteiger partial charge on any atom is 0.161 e. The van der Waals surface area contributed by atoms with E-state index >= 15 is 0 Å². The fourth-order valence-corrected chi connectivity index (χ4v) is 1.84. The van der Waals surface area contributed by atoms with Gasteiger partial charge < -0.3 is 14.6 Å². The Balaban J connectivity index is 2.47. The Morgan fingerprint density at radius 3 is 2.14 bits per heavy atom. The van der Waals surface area contributed by atoms with Crippen LogP contribution in [0.2, 0.25) is 0 Å². The third-order valence-corrected chi connectivity index (χ3v) is 2.68. The molecule has 0 spiro atoms. The molecular formula is C11H11O3-. The van der Waals surface area contributed by atoms with Gasteiger partial charge in [-0.3, -0.25) is 0 Å². The van der Waals surface area contributed by atoms with E-state index in [1.165, 1.54) is 0 Å². The van der Waals surface area contributed by atoms with Crippen molar-refractivity contribution < 1.29 is 14.6 Å². The first-order chi connectivity index (χ1) is 6.51. The van der Waals surface area contributed by atoms with Gasteiger partial charge >= 0.3 is 0 Å². The van der Waals surface area contributed by atoms with Crippen molar-refractivity contribution in [2.45, 2.75) is 25.0 Å². The van der Waals surface area contributed by atoms with Crippen molar-refractivity contribution in [3.05, 3.63) is 35.9 Å². The molecule has 2 rings (SSSR count). The normalized spacial score (nSPS) is 28.4. The van der Waals surface area contributed by atoms with Gasteiger partial charge in [0.1, 0.15) is 5.60 Å². The lowest BCUT2D eigenvalue weighted by molar-refractivity contribution is -0.313. The number of hydrogen-bond acceptors (Lipinski definition) is 3. The van der Waals surface area contributed by atoms with Crippen LogP contribution in [-0.4, -0.2) is 11.6 Å². The highest BCUT2D eigenvalue weighted by molar-refractivity contribution is 5.82. The summed E-state index contributed by atoms with van der Waals surface area (Å²) in [6.45, 7) is 3.49. The summed E-state index contributed by atoms with van der Waals surface area (Å²) in [5.74, 6) is -1.17. The van der Waals surface area contributed by atoms with Crippen molar-refractivity contribution in [1.29, 1.82) is 0 Å². The summed E-state index contributed by atoms with van der Waals surface area (Å²) in [5.41, 5.74) is -1.29. The summed E-state index contributed by atoms with van der Waals surface area (Å²) in [4.78, 5) is 11.1. The first kappa shape index (κ1) is 9.21. The molecule has 3 heteroatoms. The Labute approximate surface area is 82.3 Å². The molecule has 0 N–H and O–H groups in total. The van der Waals surface area contributed by atoms with E-state index in [1.807, 2.05) is 6.07 Å². The van der Waals surface area contributed by atoms with Gasteiger partial charge in [-0.25, -0.2) is 0 Å². The third-order valence-electron chi connectivity index (χ3n) is 2.68. The Kier molecular flexibility index (Phi) is 1.70. The number of carboxylic acids is 1. The minimum absolute atomic E-state index is 0.644. The molecule has 0 radical (unpaired) electrons. The van der Waals surface area contributed by atoms with Gasteiger partial charge in [-0.15, -0.1) is 0 Å². The number of hydrogen-bond donors (Lipinski definition) is 0. The minimum Gasteiger partial charge on any atom is -0.546 e. The van der Waals surface area contributed by atoms with E-state index in [2.05, 4.69) is 0 Å². The van der Waals surface area contributed by atoms with E-state index < -0.39 is 17.2 Å². The lowest BCUT2D eigenvalue weighted by Gasteiger charge is -2.16. The number of carboxylic acid groups (broad SMARTS) is 1. The second-order valence-corrected chi connectivity index (χ2v) is 3.95. The summed E-state index contributed by atoms with van der Waals surface area (Å²) >= 11 is 0. The van der Waals surface area contributed by atoms with Crippen LogP contribution < -0.4 is 5.11 Å². The number of epoxide rings is 1. The van der Waals surface area contributed by atoms with Crippen molar-refractivity contribution in [3.63, 3.8) is 0 Å². The summed E-state index contributed by atoms with van der Waals surface area (Å²) in [6.07, 6.45) is 0. The van der Waals surface area contributed by atoms with Crippen molar-refractivity contribution >= 4 is 5.97 Å². The van der Waals surface area contributed by atoms with Crippen LogP contribution in [0.25, 0.3) is 0 Å². The maximum absolute atomic E-state index is 11.1. The quantitative estimate of drug-likeness (QED) is 0.637. The first-order valence-electron chi connectivity index (χ1n) is 4.48. The van der Waals surface area contributed by atoms with Gasteiger partial charge in [-0.1, -0.05) is 30.3 Å². The fourth-order valence-electron chi connectivity index (χ4n) is 1.84. The zero-order chi connectivity index (χ0) is 10.4. The second-order valence-electron chi connectivity index (χ2n) is 3.95. The number of carbonyl (C=O) groups is 1. The largest absolute Gasteiger partial charge is 0.546 e. The molecule has 0 bridgehead atoms. The summed E-state index contributed by atoms with van der Waals surface area (Å²) < 4.78 is 5.28. The zero-order valence-corrected chi connectivity index (χ0v) is 8.11. The fraction of sp³-hybridized carbons (Fsp3) is 0.364. The topological polar surface area (TPSA) is 52.7 Å². The van der Waals surface area contributed by atoms with Gasteiger partial charge in [0.05, 0.1) is 5.97 Å². The Morgan fingerprint density at radius 1 is 1.29 bits per heavy atom. The third kappa shape index (κ3) is 0.990. The Hall–Kier alpha value is -1.35. The molecule has 0 amide bonds. The average molecular weight is 191 g/mol.